The number of rotatable bonds is 4. The molecule has 22 heavy (non-hydrogen) atoms. The van der Waals surface area contributed by atoms with Crippen LogP contribution in [0.3, 0.4) is 0 Å². The fourth-order valence-corrected chi connectivity index (χ4v) is 3.42. The number of fused-ring (bicyclic) bond motifs is 1. The molecular formula is C17H23NO4. The highest BCUT2D eigenvalue weighted by Crippen LogP contribution is 2.40. The smallest absolute Gasteiger partial charge is 0.317 e. The van der Waals surface area contributed by atoms with Crippen molar-refractivity contribution in [3.8, 4) is 11.5 Å². The normalized spacial score (nSPS) is 20.2. The molecule has 0 aromatic heterocycles. The minimum atomic E-state index is -0.755. The molecule has 1 aromatic rings. The van der Waals surface area contributed by atoms with Crippen molar-refractivity contribution >= 4 is 5.97 Å². The summed E-state index contributed by atoms with van der Waals surface area (Å²) < 4.78 is 11.9. The number of carboxylic acids is 1. The minimum Gasteiger partial charge on any atom is -0.494 e. The van der Waals surface area contributed by atoms with Gasteiger partial charge in [0, 0.05) is 13.1 Å². The number of aliphatic carboxylic acids is 1. The van der Waals surface area contributed by atoms with Crippen LogP contribution in [0.25, 0.3) is 0 Å². The van der Waals surface area contributed by atoms with Crippen LogP contribution in [0, 0.1) is 0 Å². The Labute approximate surface area is 130 Å². The van der Waals surface area contributed by atoms with E-state index < -0.39 is 5.97 Å². The predicted molar refractivity (Wildman–Crippen MR) is 82.6 cm³/mol. The van der Waals surface area contributed by atoms with E-state index in [0.717, 1.165) is 50.3 Å². The molecule has 0 saturated carbocycles. The lowest BCUT2D eigenvalue weighted by Gasteiger charge is -2.44. The topological polar surface area (TPSA) is 59.0 Å². The fraction of sp³-hybridized carbons (Fsp3) is 0.588. The molecule has 1 spiro atoms. The lowest BCUT2D eigenvalue weighted by atomic mass is 9.83. The summed E-state index contributed by atoms with van der Waals surface area (Å²) in [6.45, 7) is 4.36. The van der Waals surface area contributed by atoms with Gasteiger partial charge in [-0.2, -0.15) is 0 Å². The molecule has 0 unspecified atom stereocenters. The number of aryl methyl sites for hydroxylation is 1. The monoisotopic (exact) mass is 305 g/mol. The summed E-state index contributed by atoms with van der Waals surface area (Å²) in [6, 6.07) is 6.04. The van der Waals surface area contributed by atoms with Crippen LogP contribution in [-0.2, 0) is 11.2 Å². The van der Waals surface area contributed by atoms with E-state index in [1.165, 1.54) is 5.56 Å². The van der Waals surface area contributed by atoms with Gasteiger partial charge in [0.15, 0.2) is 0 Å². The van der Waals surface area contributed by atoms with Crippen LogP contribution in [0.15, 0.2) is 18.2 Å². The highest BCUT2D eigenvalue weighted by atomic mass is 16.5. The van der Waals surface area contributed by atoms with Gasteiger partial charge in [-0.1, -0.05) is 0 Å². The largest absolute Gasteiger partial charge is 0.494 e. The number of carboxylic acid groups (broad SMARTS) is 1. The van der Waals surface area contributed by atoms with Crippen LogP contribution < -0.4 is 9.47 Å². The van der Waals surface area contributed by atoms with E-state index >= 15 is 0 Å². The summed E-state index contributed by atoms with van der Waals surface area (Å²) >= 11 is 0. The Kier molecular flexibility index (Phi) is 4.25. The van der Waals surface area contributed by atoms with Crippen LogP contribution in [0.5, 0.6) is 11.5 Å². The first kappa shape index (κ1) is 15.2. The maximum atomic E-state index is 10.8. The van der Waals surface area contributed by atoms with Gasteiger partial charge in [-0.15, -0.1) is 0 Å². The van der Waals surface area contributed by atoms with E-state index in [9.17, 15) is 4.79 Å². The molecule has 0 atom stereocenters. The first-order valence-electron chi connectivity index (χ1n) is 7.99. The van der Waals surface area contributed by atoms with Crippen molar-refractivity contribution in [2.45, 2.75) is 38.2 Å². The van der Waals surface area contributed by atoms with E-state index in [0.29, 0.717) is 6.61 Å². The first-order valence-corrected chi connectivity index (χ1v) is 7.99. The van der Waals surface area contributed by atoms with Crippen molar-refractivity contribution in [2.75, 3.05) is 26.2 Å². The number of hydrogen-bond donors (Lipinski definition) is 1. The Morgan fingerprint density at radius 1 is 1.36 bits per heavy atom. The van der Waals surface area contributed by atoms with Crippen LogP contribution in [-0.4, -0.2) is 47.8 Å². The molecule has 1 saturated heterocycles. The number of benzene rings is 1. The Hall–Kier alpha value is -1.75. The number of carbonyl (C=O) groups is 1. The van der Waals surface area contributed by atoms with Crippen LogP contribution in [0.1, 0.15) is 31.7 Å². The maximum absolute atomic E-state index is 10.8. The van der Waals surface area contributed by atoms with Gasteiger partial charge in [-0.05, 0) is 56.4 Å². The zero-order chi connectivity index (χ0) is 15.6. The standard InChI is InChI=1S/C17H23NO4/c1-2-21-14-3-4-15-13(11-14)5-6-17(22-15)7-9-18(10-8-17)12-16(19)20/h3-4,11H,2,5-10,12H2,1H3,(H,19,20). The van der Waals surface area contributed by atoms with Crippen molar-refractivity contribution in [2.24, 2.45) is 0 Å². The average Bonchev–Trinajstić information content (AvgIpc) is 2.50. The van der Waals surface area contributed by atoms with Gasteiger partial charge in [0.25, 0.3) is 0 Å². The highest BCUT2D eigenvalue weighted by molar-refractivity contribution is 5.69. The van der Waals surface area contributed by atoms with Gasteiger partial charge in [0.05, 0.1) is 13.2 Å². The Morgan fingerprint density at radius 2 is 2.14 bits per heavy atom. The Morgan fingerprint density at radius 3 is 2.82 bits per heavy atom. The molecule has 1 N–H and O–H groups in total. The number of likely N-dealkylation sites (tertiary alicyclic amines) is 1. The molecule has 2 aliphatic heterocycles. The molecule has 2 heterocycles. The molecule has 3 rings (SSSR count). The highest BCUT2D eigenvalue weighted by Gasteiger charge is 2.39. The Bertz CT molecular complexity index is 550. The first-order chi connectivity index (χ1) is 10.6. The lowest BCUT2D eigenvalue weighted by Crippen LogP contribution is -2.50. The van der Waals surface area contributed by atoms with Gasteiger partial charge in [0.2, 0.25) is 0 Å². The van der Waals surface area contributed by atoms with Gasteiger partial charge in [-0.3, -0.25) is 9.69 Å². The van der Waals surface area contributed by atoms with E-state index in [-0.39, 0.29) is 12.1 Å². The molecule has 0 radical (unpaired) electrons. The van der Waals surface area contributed by atoms with Gasteiger partial charge in [-0.25, -0.2) is 0 Å². The van der Waals surface area contributed by atoms with Crippen LogP contribution in [0.2, 0.25) is 0 Å². The zero-order valence-electron chi connectivity index (χ0n) is 13.0. The molecule has 1 fully saturated rings. The summed E-state index contributed by atoms with van der Waals surface area (Å²) in [5.74, 6) is 1.10. The van der Waals surface area contributed by atoms with Gasteiger partial charge < -0.3 is 14.6 Å². The van der Waals surface area contributed by atoms with E-state index in [1.54, 1.807) is 0 Å². The molecule has 5 heteroatoms. The maximum Gasteiger partial charge on any atom is 0.317 e. The Balaban J connectivity index is 1.66. The minimum absolute atomic E-state index is 0.116. The summed E-state index contributed by atoms with van der Waals surface area (Å²) in [7, 11) is 0. The second-order valence-corrected chi connectivity index (χ2v) is 6.16. The SMILES string of the molecule is CCOc1ccc2c(c1)CCC1(CCN(CC(=O)O)CC1)O2. The van der Waals surface area contributed by atoms with Crippen molar-refractivity contribution in [1.82, 2.24) is 4.90 Å². The second-order valence-electron chi connectivity index (χ2n) is 6.16. The summed E-state index contributed by atoms with van der Waals surface area (Å²) in [5.41, 5.74) is 1.10. The van der Waals surface area contributed by atoms with E-state index in [1.807, 2.05) is 24.0 Å². The van der Waals surface area contributed by atoms with Gasteiger partial charge >= 0.3 is 5.97 Å². The number of ether oxygens (including phenoxy) is 2. The second kappa shape index (κ2) is 6.16. The predicted octanol–water partition coefficient (Wildman–Crippen LogP) is 2.33. The molecular weight excluding hydrogens is 282 g/mol. The summed E-state index contributed by atoms with van der Waals surface area (Å²) in [4.78, 5) is 12.8. The van der Waals surface area contributed by atoms with E-state index in [2.05, 4.69) is 6.07 Å². The fourth-order valence-electron chi connectivity index (χ4n) is 3.42. The summed E-state index contributed by atoms with van der Waals surface area (Å²) in [5, 5.41) is 8.88. The molecule has 0 aliphatic carbocycles. The number of piperidine rings is 1. The third kappa shape index (κ3) is 3.19. The van der Waals surface area contributed by atoms with E-state index in [4.69, 9.17) is 14.6 Å². The average molecular weight is 305 g/mol. The number of nitrogens with zero attached hydrogens (tertiary/aromatic N) is 1. The zero-order valence-corrected chi connectivity index (χ0v) is 13.0. The third-order valence-corrected chi connectivity index (χ3v) is 4.65. The van der Waals surface area contributed by atoms with Gasteiger partial charge in [0.1, 0.15) is 17.1 Å². The molecule has 1 aromatic carbocycles. The lowest BCUT2D eigenvalue weighted by molar-refractivity contribution is -0.139. The molecule has 0 bridgehead atoms. The molecule has 5 nitrogen and oxygen atoms in total. The third-order valence-electron chi connectivity index (χ3n) is 4.65. The van der Waals surface area contributed by atoms with Crippen molar-refractivity contribution in [3.63, 3.8) is 0 Å². The van der Waals surface area contributed by atoms with Crippen LogP contribution in [0.4, 0.5) is 0 Å². The van der Waals surface area contributed by atoms with Crippen LogP contribution >= 0.6 is 0 Å². The quantitative estimate of drug-likeness (QED) is 0.925. The van der Waals surface area contributed by atoms with Crippen molar-refractivity contribution in [3.05, 3.63) is 23.8 Å². The molecule has 2 aliphatic rings. The molecule has 120 valence electrons. The van der Waals surface area contributed by atoms with Crippen molar-refractivity contribution < 1.29 is 19.4 Å². The summed E-state index contributed by atoms with van der Waals surface area (Å²) in [6.07, 6.45) is 3.78. The van der Waals surface area contributed by atoms with Crippen molar-refractivity contribution in [1.29, 1.82) is 0 Å². The number of hydrogen-bond acceptors (Lipinski definition) is 4. The molecule has 0 amide bonds.